The Morgan fingerprint density at radius 3 is 2.66 bits per heavy atom. The summed E-state index contributed by atoms with van der Waals surface area (Å²) in [6.45, 7) is 8.53. The van der Waals surface area contributed by atoms with Gasteiger partial charge in [0.2, 0.25) is 5.91 Å². The molecular weight excluding hydrogens is 480 g/mol. The van der Waals surface area contributed by atoms with Crippen LogP contribution in [0.3, 0.4) is 0 Å². The number of ether oxygens (including phenoxy) is 2. The minimum absolute atomic E-state index is 0.0603. The number of aliphatic imine (C=N–C) groups is 1. The van der Waals surface area contributed by atoms with Gasteiger partial charge in [-0.15, -0.1) is 0 Å². The molecule has 0 aromatic heterocycles. The van der Waals surface area contributed by atoms with E-state index in [1.807, 2.05) is 58.0 Å². The first kappa shape index (κ1) is 25.8. The standard InChI is InChI=1S/C28H30N4O4.C2H6/c1-28(2)15-21-19-12-16(6-8-24(19)36-28)4-3-5-18-14-25(33)32(27(29)30-18)22-10-11-35-23-9-7-17(13-20(22)23)26(34)31-21;1-2/h3-4,6-9,12-13,18,21-22H,5,10-11,14-15H2,1-2H3,(H2,29,30)(H,31,34);1-2H3/b4-3+;/t18?,21?,22-;/m1./s1. The van der Waals surface area contributed by atoms with Crippen LogP contribution in [0.5, 0.6) is 11.5 Å². The maximum Gasteiger partial charge on any atom is 0.251 e. The van der Waals surface area contributed by atoms with E-state index < -0.39 is 5.60 Å². The van der Waals surface area contributed by atoms with Crippen molar-refractivity contribution in [3.8, 4) is 11.5 Å². The van der Waals surface area contributed by atoms with E-state index in [4.69, 9.17) is 15.2 Å². The third-order valence-electron chi connectivity index (χ3n) is 7.35. The van der Waals surface area contributed by atoms with Crippen molar-refractivity contribution in [1.82, 2.24) is 10.2 Å². The van der Waals surface area contributed by atoms with Gasteiger partial charge in [0.15, 0.2) is 5.96 Å². The summed E-state index contributed by atoms with van der Waals surface area (Å²) in [4.78, 5) is 33.0. The van der Waals surface area contributed by atoms with Gasteiger partial charge in [0.25, 0.3) is 5.91 Å². The number of nitrogens with two attached hydrogens (primary N) is 1. The summed E-state index contributed by atoms with van der Waals surface area (Å²) >= 11 is 0. The molecule has 3 atom stereocenters. The minimum Gasteiger partial charge on any atom is -0.493 e. The number of fused-ring (bicyclic) bond motifs is 3. The molecule has 0 spiro atoms. The molecule has 0 radical (unpaired) electrons. The fraction of sp³-hybridized carbons (Fsp3) is 0.433. The Labute approximate surface area is 223 Å². The quantitative estimate of drug-likeness (QED) is 0.518. The molecule has 7 rings (SSSR count). The largest absolute Gasteiger partial charge is 0.493 e. The average molecular weight is 517 g/mol. The van der Waals surface area contributed by atoms with E-state index in [1.54, 1.807) is 17.0 Å². The smallest absolute Gasteiger partial charge is 0.251 e. The fourth-order valence-electron chi connectivity index (χ4n) is 5.69. The van der Waals surface area contributed by atoms with Crippen LogP contribution in [0.1, 0.15) is 92.5 Å². The average Bonchev–Trinajstić information content (AvgIpc) is 2.88. The summed E-state index contributed by atoms with van der Waals surface area (Å²) in [5.74, 6) is 1.41. The molecule has 2 aromatic carbocycles. The number of benzene rings is 2. The Morgan fingerprint density at radius 2 is 1.87 bits per heavy atom. The number of hydrogen-bond acceptors (Lipinski definition) is 6. The van der Waals surface area contributed by atoms with Gasteiger partial charge >= 0.3 is 0 Å². The normalized spacial score (nSPS) is 25.9. The van der Waals surface area contributed by atoms with Gasteiger partial charge in [0.1, 0.15) is 17.1 Å². The monoisotopic (exact) mass is 516 g/mol. The Kier molecular flexibility index (Phi) is 6.90. The molecule has 5 heterocycles. The van der Waals surface area contributed by atoms with E-state index in [0.717, 1.165) is 22.4 Å². The molecule has 0 saturated heterocycles. The van der Waals surface area contributed by atoms with Crippen LogP contribution in [0.2, 0.25) is 0 Å². The number of amides is 2. The van der Waals surface area contributed by atoms with E-state index in [9.17, 15) is 9.59 Å². The molecule has 2 amide bonds. The number of hydrogen-bond donors (Lipinski definition) is 2. The molecule has 6 bridgehead atoms. The summed E-state index contributed by atoms with van der Waals surface area (Å²) in [7, 11) is 0. The molecule has 38 heavy (non-hydrogen) atoms. The van der Waals surface area contributed by atoms with Gasteiger partial charge in [-0.3, -0.25) is 14.5 Å². The minimum atomic E-state index is -0.419. The van der Waals surface area contributed by atoms with Crippen molar-refractivity contribution >= 4 is 23.8 Å². The number of carbonyl (C=O) groups excluding carboxylic acids is 2. The van der Waals surface area contributed by atoms with Crippen LogP contribution in [0.25, 0.3) is 6.08 Å². The second kappa shape index (κ2) is 10.2. The summed E-state index contributed by atoms with van der Waals surface area (Å²) in [5.41, 5.74) is 9.16. The van der Waals surface area contributed by atoms with Crippen molar-refractivity contribution < 1.29 is 19.1 Å². The summed E-state index contributed by atoms with van der Waals surface area (Å²) in [6.07, 6.45) is 6.16. The van der Waals surface area contributed by atoms with Crippen LogP contribution < -0.4 is 20.5 Å². The Bertz CT molecular complexity index is 1320. The highest BCUT2D eigenvalue weighted by molar-refractivity contribution is 5.99. The zero-order valence-electron chi connectivity index (χ0n) is 22.5. The Morgan fingerprint density at radius 1 is 1.08 bits per heavy atom. The highest BCUT2D eigenvalue weighted by Crippen LogP contribution is 2.41. The molecule has 2 aromatic rings. The molecule has 2 unspecified atom stereocenters. The van der Waals surface area contributed by atoms with Crippen molar-refractivity contribution in [1.29, 1.82) is 0 Å². The summed E-state index contributed by atoms with van der Waals surface area (Å²) < 4.78 is 12.1. The van der Waals surface area contributed by atoms with Gasteiger partial charge in [-0.05, 0) is 56.2 Å². The fourth-order valence-corrected chi connectivity index (χ4v) is 5.69. The van der Waals surface area contributed by atoms with Crippen molar-refractivity contribution in [2.45, 2.75) is 77.1 Å². The van der Waals surface area contributed by atoms with Crippen LogP contribution in [-0.2, 0) is 4.79 Å². The van der Waals surface area contributed by atoms with Crippen LogP contribution in [0, 0.1) is 0 Å². The van der Waals surface area contributed by atoms with Gasteiger partial charge < -0.3 is 20.5 Å². The van der Waals surface area contributed by atoms with Crippen molar-refractivity contribution in [3.05, 3.63) is 64.7 Å². The van der Waals surface area contributed by atoms with Gasteiger partial charge in [0.05, 0.1) is 31.2 Å². The SMILES string of the molecule is CC.CC1(C)CC2NC(=O)c3ccc4c(c3)[C@@H](CCO4)N3C(=O)CC(C/C=C/c4ccc(c2c4)O1)N=C3N. The maximum atomic E-state index is 13.5. The lowest BCUT2D eigenvalue weighted by molar-refractivity contribution is -0.130. The lowest BCUT2D eigenvalue weighted by Gasteiger charge is -2.38. The first-order valence-corrected chi connectivity index (χ1v) is 13.5. The number of nitrogens with one attached hydrogen (secondary N) is 1. The maximum absolute atomic E-state index is 13.5. The second-order valence-electron chi connectivity index (χ2n) is 10.5. The van der Waals surface area contributed by atoms with Crippen LogP contribution in [0.15, 0.2) is 47.5 Å². The number of rotatable bonds is 0. The predicted octanol–water partition coefficient (Wildman–Crippen LogP) is 4.90. The summed E-state index contributed by atoms with van der Waals surface area (Å²) in [6, 6.07) is 10.7. The van der Waals surface area contributed by atoms with Gasteiger partial charge in [-0.2, -0.15) is 0 Å². The molecule has 8 nitrogen and oxygen atoms in total. The zero-order chi connectivity index (χ0) is 27.0. The lowest BCUT2D eigenvalue weighted by atomic mass is 9.88. The topological polar surface area (TPSA) is 106 Å². The van der Waals surface area contributed by atoms with Crippen molar-refractivity contribution in [2.24, 2.45) is 10.7 Å². The van der Waals surface area contributed by atoms with Crippen LogP contribution in [-0.4, -0.2) is 40.9 Å². The molecule has 0 saturated carbocycles. The first-order chi connectivity index (χ1) is 18.3. The predicted molar refractivity (Wildman–Crippen MR) is 147 cm³/mol. The molecule has 0 aliphatic carbocycles. The van der Waals surface area contributed by atoms with Crippen LogP contribution >= 0.6 is 0 Å². The number of carbonyl (C=O) groups is 2. The van der Waals surface area contributed by atoms with Crippen molar-refractivity contribution in [3.63, 3.8) is 0 Å². The van der Waals surface area contributed by atoms with E-state index in [1.165, 1.54) is 0 Å². The molecule has 0 fully saturated rings. The molecule has 8 heteroatoms. The molecular formula is C30H36N4O4. The van der Waals surface area contributed by atoms with Crippen LogP contribution in [0.4, 0.5) is 0 Å². The van der Waals surface area contributed by atoms with Gasteiger partial charge in [0, 0.05) is 29.5 Å². The third-order valence-corrected chi connectivity index (χ3v) is 7.35. The molecule has 200 valence electrons. The highest BCUT2D eigenvalue weighted by atomic mass is 16.5. The van der Waals surface area contributed by atoms with E-state index in [-0.39, 0.29) is 42.3 Å². The second-order valence-corrected chi connectivity index (χ2v) is 10.5. The van der Waals surface area contributed by atoms with E-state index in [2.05, 4.69) is 16.4 Å². The first-order valence-electron chi connectivity index (χ1n) is 13.5. The Balaban J connectivity index is 0.00000144. The molecule has 3 N–H and O–H groups in total. The zero-order valence-corrected chi connectivity index (χ0v) is 22.5. The lowest BCUT2D eigenvalue weighted by Crippen LogP contribution is -2.50. The highest BCUT2D eigenvalue weighted by Gasteiger charge is 2.38. The molecule has 5 aliphatic heterocycles. The van der Waals surface area contributed by atoms with E-state index in [0.29, 0.717) is 37.2 Å². The summed E-state index contributed by atoms with van der Waals surface area (Å²) in [5, 5.41) is 3.23. The number of nitrogens with zero attached hydrogens (tertiary/aromatic N) is 2. The van der Waals surface area contributed by atoms with Crippen molar-refractivity contribution in [2.75, 3.05) is 6.61 Å². The Hall–Kier alpha value is -3.81. The van der Waals surface area contributed by atoms with Gasteiger partial charge in [-0.1, -0.05) is 32.1 Å². The van der Waals surface area contributed by atoms with E-state index >= 15 is 0 Å². The number of guanidine groups is 1. The third kappa shape index (κ3) is 4.87. The van der Waals surface area contributed by atoms with Gasteiger partial charge in [-0.25, -0.2) is 4.99 Å². The molecule has 5 aliphatic rings.